The van der Waals surface area contributed by atoms with Gasteiger partial charge in [-0.05, 0) is 78.6 Å². The molecule has 7 heteroatoms. The molecule has 1 atom stereocenters. The minimum atomic E-state index is -0.470. The van der Waals surface area contributed by atoms with Crippen LogP contribution in [0.5, 0.6) is 0 Å². The average molecular weight is 626 g/mol. The molecular weight excluding hydrogens is 591 g/mol. The van der Waals surface area contributed by atoms with Crippen LogP contribution >= 0.6 is 11.8 Å². The van der Waals surface area contributed by atoms with Gasteiger partial charge in [0, 0.05) is 21.8 Å². The summed E-state index contributed by atoms with van der Waals surface area (Å²) in [4.78, 5) is 40.6. The highest BCUT2D eigenvalue weighted by atomic mass is 32.2. The van der Waals surface area contributed by atoms with Gasteiger partial charge in [0.1, 0.15) is 5.70 Å². The van der Waals surface area contributed by atoms with E-state index in [-0.39, 0.29) is 16.9 Å². The van der Waals surface area contributed by atoms with E-state index in [0.717, 1.165) is 32.8 Å². The number of thioether (sulfide) groups is 1. The molecule has 0 aliphatic carbocycles. The van der Waals surface area contributed by atoms with Crippen molar-refractivity contribution in [1.82, 2.24) is 5.32 Å². The summed E-state index contributed by atoms with van der Waals surface area (Å²) in [6.45, 7) is 3.97. The number of aryl methyl sites for hydroxylation is 1. The second-order valence-electron chi connectivity index (χ2n) is 10.7. The predicted octanol–water partition coefficient (Wildman–Crippen LogP) is 8.58. The molecule has 5 rings (SSSR count). The highest BCUT2D eigenvalue weighted by molar-refractivity contribution is 8.00. The second kappa shape index (κ2) is 15.5. The third kappa shape index (κ3) is 8.83. The zero-order valence-corrected chi connectivity index (χ0v) is 26.5. The van der Waals surface area contributed by atoms with Gasteiger partial charge in [-0.2, -0.15) is 0 Å². The van der Waals surface area contributed by atoms with E-state index in [1.165, 1.54) is 11.8 Å². The zero-order valence-electron chi connectivity index (χ0n) is 25.7. The van der Waals surface area contributed by atoms with Gasteiger partial charge in [-0.1, -0.05) is 103 Å². The van der Waals surface area contributed by atoms with Crippen molar-refractivity contribution in [1.29, 1.82) is 0 Å². The Labute approximate surface area is 274 Å². The Balaban J connectivity index is 1.33. The summed E-state index contributed by atoms with van der Waals surface area (Å²) >= 11 is 1.43. The molecule has 0 heterocycles. The van der Waals surface area contributed by atoms with Gasteiger partial charge >= 0.3 is 0 Å². The maximum atomic E-state index is 13.6. The SMILES string of the molecule is CCC(Sc1cccc(NC(=O)/C(=C\c2ccc(-c3ccccc3)cc2)NC(=O)c2ccccc2)c1)C(=O)Nc1ccc(C)cc1. The predicted molar refractivity (Wildman–Crippen MR) is 189 cm³/mol. The van der Waals surface area contributed by atoms with Crippen LogP contribution in [0.25, 0.3) is 17.2 Å². The highest BCUT2D eigenvalue weighted by Crippen LogP contribution is 2.29. The fraction of sp³-hybridized carbons (Fsp3) is 0.103. The molecule has 0 aliphatic rings. The summed E-state index contributed by atoms with van der Waals surface area (Å²) in [5.41, 5.74) is 5.85. The Hall–Kier alpha value is -5.40. The van der Waals surface area contributed by atoms with Gasteiger partial charge in [0.2, 0.25) is 5.91 Å². The molecule has 0 aromatic heterocycles. The van der Waals surface area contributed by atoms with E-state index in [2.05, 4.69) is 16.0 Å². The van der Waals surface area contributed by atoms with Gasteiger partial charge in [0.05, 0.1) is 5.25 Å². The molecule has 0 saturated heterocycles. The fourth-order valence-corrected chi connectivity index (χ4v) is 5.72. The normalized spacial score (nSPS) is 11.7. The maximum Gasteiger partial charge on any atom is 0.272 e. The average Bonchev–Trinajstić information content (AvgIpc) is 3.09. The number of carbonyl (C=O) groups excluding carboxylic acids is 3. The minimum Gasteiger partial charge on any atom is -0.325 e. The lowest BCUT2D eigenvalue weighted by Crippen LogP contribution is -2.30. The summed E-state index contributed by atoms with van der Waals surface area (Å²) in [5.74, 6) is -0.946. The lowest BCUT2D eigenvalue weighted by Gasteiger charge is -2.16. The van der Waals surface area contributed by atoms with Gasteiger partial charge in [-0.25, -0.2) is 0 Å². The van der Waals surface area contributed by atoms with Gasteiger partial charge in [-0.3, -0.25) is 14.4 Å². The van der Waals surface area contributed by atoms with Gasteiger partial charge in [0.25, 0.3) is 11.8 Å². The second-order valence-corrected chi connectivity index (χ2v) is 12.0. The summed E-state index contributed by atoms with van der Waals surface area (Å²) < 4.78 is 0. The summed E-state index contributed by atoms with van der Waals surface area (Å²) in [6, 6.07) is 41.6. The third-order valence-electron chi connectivity index (χ3n) is 7.21. The van der Waals surface area contributed by atoms with Crippen molar-refractivity contribution in [2.24, 2.45) is 0 Å². The number of amides is 3. The van der Waals surface area contributed by atoms with E-state index in [4.69, 9.17) is 0 Å². The fourth-order valence-electron chi connectivity index (χ4n) is 4.70. The van der Waals surface area contributed by atoms with Crippen LogP contribution in [0, 0.1) is 6.92 Å². The van der Waals surface area contributed by atoms with Crippen LogP contribution in [0.1, 0.15) is 34.8 Å². The van der Waals surface area contributed by atoms with Crippen LogP contribution in [0.3, 0.4) is 0 Å². The van der Waals surface area contributed by atoms with Crippen LogP contribution in [-0.4, -0.2) is 23.0 Å². The smallest absolute Gasteiger partial charge is 0.272 e. The van der Waals surface area contributed by atoms with Gasteiger partial charge < -0.3 is 16.0 Å². The number of hydrogen-bond acceptors (Lipinski definition) is 4. The first-order valence-corrected chi connectivity index (χ1v) is 15.9. The molecule has 5 aromatic carbocycles. The lowest BCUT2D eigenvalue weighted by atomic mass is 10.0. The number of nitrogens with one attached hydrogen (secondary N) is 3. The Morgan fingerprint density at radius 1 is 0.696 bits per heavy atom. The van der Waals surface area contributed by atoms with E-state index in [9.17, 15) is 14.4 Å². The summed E-state index contributed by atoms with van der Waals surface area (Å²) in [7, 11) is 0. The topological polar surface area (TPSA) is 87.3 Å². The van der Waals surface area contributed by atoms with Crippen LogP contribution in [0.2, 0.25) is 0 Å². The Kier molecular flexibility index (Phi) is 10.8. The number of carbonyl (C=O) groups is 3. The minimum absolute atomic E-state index is 0.0853. The van der Waals surface area contributed by atoms with Crippen molar-refractivity contribution in [3.8, 4) is 11.1 Å². The van der Waals surface area contributed by atoms with E-state index >= 15 is 0 Å². The zero-order chi connectivity index (χ0) is 32.3. The van der Waals surface area contributed by atoms with Crippen LogP contribution in [-0.2, 0) is 9.59 Å². The molecule has 0 fully saturated rings. The molecule has 0 bridgehead atoms. The molecule has 0 aliphatic heterocycles. The third-order valence-corrected chi connectivity index (χ3v) is 8.57. The van der Waals surface area contributed by atoms with Crippen molar-refractivity contribution < 1.29 is 14.4 Å². The molecule has 0 spiro atoms. The molecule has 230 valence electrons. The van der Waals surface area contributed by atoms with Crippen molar-refractivity contribution in [2.45, 2.75) is 30.4 Å². The summed E-state index contributed by atoms with van der Waals surface area (Å²) in [6.07, 6.45) is 2.28. The molecular formula is C39H35N3O3S. The van der Waals surface area contributed by atoms with E-state index in [0.29, 0.717) is 17.7 Å². The molecule has 46 heavy (non-hydrogen) atoms. The van der Waals surface area contributed by atoms with Crippen LogP contribution < -0.4 is 16.0 Å². The van der Waals surface area contributed by atoms with E-state index in [1.807, 2.05) is 117 Å². The number of benzene rings is 5. The molecule has 1 unspecified atom stereocenters. The van der Waals surface area contributed by atoms with Crippen molar-refractivity contribution in [3.63, 3.8) is 0 Å². The molecule has 0 radical (unpaired) electrons. The Bertz CT molecular complexity index is 1820. The first kappa shape index (κ1) is 32.0. The van der Waals surface area contributed by atoms with Crippen LogP contribution in [0.15, 0.2) is 144 Å². The maximum absolute atomic E-state index is 13.6. The quantitative estimate of drug-likeness (QED) is 0.101. The number of rotatable bonds is 11. The standard InChI is InChI=1S/C39H35N3O3S/c1-3-36(39(45)40-32-23-17-27(2)18-24-32)46-34-16-10-15-33(26-34)41-38(44)35(42-37(43)31-13-8-5-9-14-31)25-28-19-21-30(22-20-28)29-11-6-4-7-12-29/h4-26,36H,3H2,1-2H3,(H,40,45)(H,41,44)(H,42,43)/b35-25+. The molecule has 3 N–H and O–H groups in total. The Morgan fingerprint density at radius 2 is 1.35 bits per heavy atom. The van der Waals surface area contributed by atoms with Gasteiger partial charge in [-0.15, -0.1) is 11.8 Å². The van der Waals surface area contributed by atoms with E-state index < -0.39 is 11.8 Å². The lowest BCUT2D eigenvalue weighted by molar-refractivity contribution is -0.116. The largest absolute Gasteiger partial charge is 0.325 e. The Morgan fingerprint density at radius 3 is 2.02 bits per heavy atom. The first-order chi connectivity index (χ1) is 22.4. The van der Waals surface area contributed by atoms with Crippen LogP contribution in [0.4, 0.5) is 11.4 Å². The molecule has 0 saturated carbocycles. The first-order valence-electron chi connectivity index (χ1n) is 15.1. The van der Waals surface area contributed by atoms with E-state index in [1.54, 1.807) is 36.4 Å². The van der Waals surface area contributed by atoms with Crippen molar-refractivity contribution in [3.05, 3.63) is 156 Å². The van der Waals surface area contributed by atoms with Crippen molar-refractivity contribution in [2.75, 3.05) is 10.6 Å². The van der Waals surface area contributed by atoms with Crippen molar-refractivity contribution >= 4 is 46.9 Å². The number of anilines is 2. The molecule has 5 aromatic rings. The molecule has 3 amide bonds. The highest BCUT2D eigenvalue weighted by Gasteiger charge is 2.19. The monoisotopic (exact) mass is 625 g/mol. The van der Waals surface area contributed by atoms with Gasteiger partial charge in [0.15, 0.2) is 0 Å². The molecule has 6 nitrogen and oxygen atoms in total. The summed E-state index contributed by atoms with van der Waals surface area (Å²) in [5, 5.41) is 8.39. The number of hydrogen-bond donors (Lipinski definition) is 3.